The molecule has 1 amide bonds. The van der Waals surface area contributed by atoms with E-state index in [4.69, 9.17) is 10.5 Å². The summed E-state index contributed by atoms with van der Waals surface area (Å²) in [4.78, 5) is 16.3. The first-order valence-electron chi connectivity index (χ1n) is 8.80. The first-order chi connectivity index (χ1) is 10.6. The summed E-state index contributed by atoms with van der Waals surface area (Å²) in [6.45, 7) is 11.4. The van der Waals surface area contributed by atoms with E-state index in [0.29, 0.717) is 25.9 Å². The summed E-state index contributed by atoms with van der Waals surface area (Å²) < 4.78 is 5.47. The predicted molar refractivity (Wildman–Crippen MR) is 90.3 cm³/mol. The largest absolute Gasteiger partial charge is 0.444 e. The second-order valence-corrected chi connectivity index (χ2v) is 8.13. The zero-order chi connectivity index (χ0) is 17.3. The minimum atomic E-state index is -0.903. The van der Waals surface area contributed by atoms with Gasteiger partial charge in [0.25, 0.3) is 0 Å². The van der Waals surface area contributed by atoms with Crippen molar-refractivity contribution >= 4 is 6.09 Å². The van der Waals surface area contributed by atoms with Gasteiger partial charge in [-0.05, 0) is 53.0 Å². The van der Waals surface area contributed by atoms with Gasteiger partial charge in [0.1, 0.15) is 5.60 Å². The van der Waals surface area contributed by atoms with Crippen LogP contribution in [0.1, 0.15) is 53.4 Å². The zero-order valence-corrected chi connectivity index (χ0v) is 15.1. The molecular formula is C17H33N3O3. The lowest BCUT2D eigenvalue weighted by molar-refractivity contribution is -0.101. The number of piperidine rings is 2. The zero-order valence-electron chi connectivity index (χ0n) is 15.1. The highest BCUT2D eigenvalue weighted by Gasteiger charge is 2.51. The summed E-state index contributed by atoms with van der Waals surface area (Å²) in [6, 6.07) is 0. The van der Waals surface area contributed by atoms with E-state index in [0.717, 1.165) is 32.5 Å². The summed E-state index contributed by atoms with van der Waals surface area (Å²) in [6.07, 6.45) is 2.55. The molecule has 0 bridgehead atoms. The summed E-state index contributed by atoms with van der Waals surface area (Å²) in [7, 11) is 0. The maximum Gasteiger partial charge on any atom is 0.410 e. The van der Waals surface area contributed by atoms with Crippen molar-refractivity contribution < 1.29 is 14.6 Å². The van der Waals surface area contributed by atoms with E-state index < -0.39 is 16.7 Å². The lowest BCUT2D eigenvalue weighted by atomic mass is 9.70. The molecule has 2 fully saturated rings. The molecule has 2 aliphatic rings. The Balaban J connectivity index is 2.05. The van der Waals surface area contributed by atoms with Crippen molar-refractivity contribution in [1.29, 1.82) is 0 Å². The van der Waals surface area contributed by atoms with Crippen molar-refractivity contribution in [1.82, 2.24) is 9.80 Å². The Morgan fingerprint density at radius 3 is 2.35 bits per heavy atom. The van der Waals surface area contributed by atoms with Crippen molar-refractivity contribution in [2.45, 2.75) is 70.1 Å². The van der Waals surface area contributed by atoms with E-state index in [1.165, 1.54) is 0 Å². The number of aliphatic hydroxyl groups is 1. The van der Waals surface area contributed by atoms with Crippen molar-refractivity contribution in [3.8, 4) is 0 Å². The van der Waals surface area contributed by atoms with Crippen LogP contribution in [0.25, 0.3) is 0 Å². The number of hydrogen-bond acceptors (Lipinski definition) is 5. The number of carbonyl (C=O) groups excluding carboxylic acids is 1. The van der Waals surface area contributed by atoms with Gasteiger partial charge in [0.05, 0.1) is 11.1 Å². The van der Waals surface area contributed by atoms with Crippen LogP contribution in [0, 0.1) is 0 Å². The number of hydrogen-bond donors (Lipinski definition) is 2. The van der Waals surface area contributed by atoms with E-state index in [2.05, 4.69) is 11.8 Å². The molecule has 1 atom stereocenters. The lowest BCUT2D eigenvalue weighted by Crippen LogP contribution is -2.70. The molecule has 23 heavy (non-hydrogen) atoms. The Hall–Kier alpha value is -0.850. The molecule has 0 aromatic heterocycles. The fourth-order valence-corrected chi connectivity index (χ4v) is 3.68. The van der Waals surface area contributed by atoms with Crippen molar-refractivity contribution in [3.63, 3.8) is 0 Å². The number of nitrogens with zero attached hydrogens (tertiary/aromatic N) is 2. The van der Waals surface area contributed by atoms with Gasteiger partial charge in [-0.25, -0.2) is 4.79 Å². The van der Waals surface area contributed by atoms with Crippen LogP contribution in [0.3, 0.4) is 0 Å². The van der Waals surface area contributed by atoms with E-state index in [1.54, 1.807) is 4.90 Å². The highest BCUT2D eigenvalue weighted by molar-refractivity contribution is 5.68. The number of nitrogens with two attached hydrogens (primary N) is 1. The number of likely N-dealkylation sites (tertiary alicyclic amines) is 2. The van der Waals surface area contributed by atoms with Gasteiger partial charge < -0.3 is 25.4 Å². The van der Waals surface area contributed by atoms with Gasteiger partial charge in [-0.2, -0.15) is 0 Å². The first kappa shape index (κ1) is 18.5. The average molecular weight is 327 g/mol. The SMILES string of the molecule is CCN1CCC(O)(C2(N)CCCN(C(=O)OC(C)(C)C)C2)CC1. The molecular weight excluding hydrogens is 294 g/mol. The second kappa shape index (κ2) is 6.57. The molecule has 0 saturated carbocycles. The van der Waals surface area contributed by atoms with Crippen molar-refractivity contribution in [2.75, 3.05) is 32.7 Å². The quantitative estimate of drug-likeness (QED) is 0.805. The molecule has 2 aliphatic heterocycles. The predicted octanol–water partition coefficient (Wildman–Crippen LogP) is 1.56. The Kier molecular flexibility index (Phi) is 5.28. The number of ether oxygens (including phenoxy) is 1. The topological polar surface area (TPSA) is 79.0 Å². The Labute approximate surface area is 139 Å². The fourth-order valence-electron chi connectivity index (χ4n) is 3.68. The highest BCUT2D eigenvalue weighted by atomic mass is 16.6. The number of carbonyl (C=O) groups is 1. The third kappa shape index (κ3) is 4.17. The molecule has 0 radical (unpaired) electrons. The van der Waals surface area contributed by atoms with Gasteiger partial charge in [-0.15, -0.1) is 0 Å². The van der Waals surface area contributed by atoms with Crippen LogP contribution >= 0.6 is 0 Å². The first-order valence-corrected chi connectivity index (χ1v) is 8.80. The smallest absolute Gasteiger partial charge is 0.410 e. The maximum absolute atomic E-state index is 12.3. The van der Waals surface area contributed by atoms with Crippen LogP contribution in [-0.2, 0) is 4.74 Å². The maximum atomic E-state index is 12.3. The molecule has 0 aromatic carbocycles. The minimum Gasteiger partial charge on any atom is -0.444 e. The molecule has 6 nitrogen and oxygen atoms in total. The molecule has 134 valence electrons. The molecule has 0 aliphatic carbocycles. The minimum absolute atomic E-state index is 0.332. The van der Waals surface area contributed by atoms with E-state index in [1.807, 2.05) is 20.8 Å². The van der Waals surface area contributed by atoms with Crippen molar-refractivity contribution in [3.05, 3.63) is 0 Å². The Morgan fingerprint density at radius 1 is 1.22 bits per heavy atom. The van der Waals surface area contributed by atoms with Crippen LogP contribution in [-0.4, -0.2) is 70.5 Å². The van der Waals surface area contributed by atoms with Gasteiger partial charge in [-0.1, -0.05) is 6.92 Å². The van der Waals surface area contributed by atoms with E-state index >= 15 is 0 Å². The second-order valence-electron chi connectivity index (χ2n) is 8.13. The molecule has 1 unspecified atom stereocenters. The van der Waals surface area contributed by atoms with Gasteiger partial charge in [0.2, 0.25) is 0 Å². The third-order valence-corrected chi connectivity index (χ3v) is 5.23. The standard InChI is InChI=1S/C17H33N3O3/c1-5-19-11-8-17(22,9-12-19)16(18)7-6-10-20(13-16)14(21)23-15(2,3)4/h22H,5-13,18H2,1-4H3. The van der Waals surface area contributed by atoms with Gasteiger partial charge in [0.15, 0.2) is 0 Å². The molecule has 0 spiro atoms. The van der Waals surface area contributed by atoms with Crippen molar-refractivity contribution in [2.24, 2.45) is 5.73 Å². The highest BCUT2D eigenvalue weighted by Crippen LogP contribution is 2.37. The third-order valence-electron chi connectivity index (χ3n) is 5.23. The Morgan fingerprint density at radius 2 is 1.83 bits per heavy atom. The Bertz CT molecular complexity index is 427. The molecule has 3 N–H and O–H groups in total. The van der Waals surface area contributed by atoms with Crippen LogP contribution < -0.4 is 5.73 Å². The van der Waals surface area contributed by atoms with Crippen LogP contribution in [0.15, 0.2) is 0 Å². The molecule has 0 aromatic rings. The summed E-state index contributed by atoms with van der Waals surface area (Å²) in [5.41, 5.74) is 4.46. The molecule has 2 heterocycles. The van der Waals surface area contributed by atoms with E-state index in [9.17, 15) is 9.90 Å². The molecule has 6 heteroatoms. The summed E-state index contributed by atoms with van der Waals surface area (Å²) >= 11 is 0. The number of rotatable bonds is 2. The van der Waals surface area contributed by atoms with E-state index in [-0.39, 0.29) is 6.09 Å². The van der Waals surface area contributed by atoms with Gasteiger partial charge >= 0.3 is 6.09 Å². The van der Waals surface area contributed by atoms with Crippen LogP contribution in [0.2, 0.25) is 0 Å². The number of amides is 1. The monoisotopic (exact) mass is 327 g/mol. The van der Waals surface area contributed by atoms with Gasteiger partial charge in [-0.3, -0.25) is 0 Å². The average Bonchev–Trinajstić information content (AvgIpc) is 2.46. The summed E-state index contributed by atoms with van der Waals surface area (Å²) in [5.74, 6) is 0. The summed E-state index contributed by atoms with van der Waals surface area (Å²) in [5, 5.41) is 11.2. The normalized spacial score (nSPS) is 29.4. The fraction of sp³-hybridized carbons (Fsp3) is 0.941. The van der Waals surface area contributed by atoms with Crippen LogP contribution in [0.5, 0.6) is 0 Å². The van der Waals surface area contributed by atoms with Gasteiger partial charge in [0, 0.05) is 26.2 Å². The molecule has 2 saturated heterocycles. The molecule has 2 rings (SSSR count). The van der Waals surface area contributed by atoms with Crippen LogP contribution in [0.4, 0.5) is 4.79 Å². The lowest BCUT2D eigenvalue weighted by Gasteiger charge is -2.52.